The van der Waals surface area contributed by atoms with Crippen LogP contribution in [0.25, 0.3) is 0 Å². The van der Waals surface area contributed by atoms with Crippen LogP contribution >= 0.6 is 0 Å². The molecule has 0 aromatic rings. The number of rotatable bonds is 8. The van der Waals surface area contributed by atoms with Gasteiger partial charge in [0.2, 0.25) is 0 Å². The van der Waals surface area contributed by atoms with E-state index in [0.717, 1.165) is 12.8 Å². The molecule has 0 fully saturated rings. The third kappa shape index (κ3) is 7.26. The number of esters is 1. The van der Waals surface area contributed by atoms with Crippen LogP contribution in [-0.2, 0) is 14.4 Å². The van der Waals surface area contributed by atoms with Gasteiger partial charge in [0.15, 0.2) is 0 Å². The molecule has 0 spiro atoms. The average Bonchev–Trinajstić information content (AvgIpc) is 2.23. The summed E-state index contributed by atoms with van der Waals surface area (Å²) in [6, 6.07) is 0. The second-order valence-corrected chi connectivity index (χ2v) is 4.13. The number of hydrogen-bond donors (Lipinski definition) is 0. The largest absolute Gasteiger partial charge is 0.466 e. The molecule has 0 aliphatic carbocycles. The van der Waals surface area contributed by atoms with E-state index in [0.29, 0.717) is 18.9 Å². The Morgan fingerprint density at radius 2 is 2.06 bits per heavy atom. The summed E-state index contributed by atoms with van der Waals surface area (Å²) in [7, 11) is 1.49. The van der Waals surface area contributed by atoms with E-state index in [-0.39, 0.29) is 11.9 Å². The van der Waals surface area contributed by atoms with Gasteiger partial charge < -0.3 is 9.57 Å². The van der Waals surface area contributed by atoms with E-state index in [9.17, 15) is 4.79 Å². The summed E-state index contributed by atoms with van der Waals surface area (Å²) < 4.78 is 5.03. The Kier molecular flexibility index (Phi) is 8.58. The highest BCUT2D eigenvalue weighted by atomic mass is 16.6. The van der Waals surface area contributed by atoms with Crippen LogP contribution in [0.2, 0.25) is 0 Å². The molecule has 0 rings (SSSR count). The zero-order chi connectivity index (χ0) is 12.4. The highest BCUT2D eigenvalue weighted by Crippen LogP contribution is 2.16. The van der Waals surface area contributed by atoms with Crippen LogP contribution in [0.1, 0.15) is 40.0 Å². The summed E-state index contributed by atoms with van der Waals surface area (Å²) in [5, 5.41) is 3.65. The van der Waals surface area contributed by atoms with Crippen molar-refractivity contribution in [3.05, 3.63) is 0 Å². The van der Waals surface area contributed by atoms with Crippen molar-refractivity contribution < 1.29 is 14.4 Å². The first kappa shape index (κ1) is 14.9. The molecule has 94 valence electrons. The first-order valence-electron chi connectivity index (χ1n) is 5.83. The Hall–Kier alpha value is -1.06. The molecule has 0 aromatic heterocycles. The fourth-order valence-corrected chi connectivity index (χ4v) is 1.37. The maximum atomic E-state index is 11.6. The van der Waals surface area contributed by atoms with Gasteiger partial charge in [-0.1, -0.05) is 25.4 Å². The van der Waals surface area contributed by atoms with Gasteiger partial charge in [0.25, 0.3) is 0 Å². The Morgan fingerprint density at radius 3 is 2.56 bits per heavy atom. The van der Waals surface area contributed by atoms with Crippen LogP contribution in [0.3, 0.4) is 0 Å². The molecule has 0 saturated heterocycles. The van der Waals surface area contributed by atoms with Crippen LogP contribution in [0.15, 0.2) is 5.16 Å². The van der Waals surface area contributed by atoms with Gasteiger partial charge in [-0.05, 0) is 25.7 Å². The number of nitrogens with zero attached hydrogens (tertiary/aromatic N) is 1. The molecule has 0 amide bonds. The molecule has 0 bridgehead atoms. The van der Waals surface area contributed by atoms with Crippen molar-refractivity contribution in [1.29, 1.82) is 0 Å². The van der Waals surface area contributed by atoms with Gasteiger partial charge in [-0.15, -0.1) is 0 Å². The predicted molar refractivity (Wildman–Crippen MR) is 64.3 cm³/mol. The SMILES string of the molecule is CCOC(=O)C(C/C=N\OC)CCC(C)C. The first-order chi connectivity index (χ1) is 7.61. The van der Waals surface area contributed by atoms with Crippen molar-refractivity contribution in [2.75, 3.05) is 13.7 Å². The van der Waals surface area contributed by atoms with Gasteiger partial charge in [0.1, 0.15) is 7.11 Å². The molecule has 0 radical (unpaired) electrons. The van der Waals surface area contributed by atoms with E-state index in [1.165, 1.54) is 7.11 Å². The lowest BCUT2D eigenvalue weighted by Crippen LogP contribution is -2.19. The second-order valence-electron chi connectivity index (χ2n) is 4.13. The summed E-state index contributed by atoms with van der Waals surface area (Å²) >= 11 is 0. The molecule has 4 heteroatoms. The average molecular weight is 229 g/mol. The first-order valence-corrected chi connectivity index (χ1v) is 5.83. The van der Waals surface area contributed by atoms with Gasteiger partial charge in [0.05, 0.1) is 12.5 Å². The monoisotopic (exact) mass is 229 g/mol. The lowest BCUT2D eigenvalue weighted by Gasteiger charge is -2.14. The number of ether oxygens (including phenoxy) is 1. The van der Waals surface area contributed by atoms with Crippen molar-refractivity contribution in [1.82, 2.24) is 0 Å². The molecule has 0 N–H and O–H groups in total. The molecule has 1 atom stereocenters. The summed E-state index contributed by atoms with van der Waals surface area (Å²) in [6.45, 7) is 6.54. The quantitative estimate of drug-likeness (QED) is 0.365. The molecule has 0 saturated carbocycles. The second kappa shape index (κ2) is 9.19. The third-order valence-electron chi connectivity index (χ3n) is 2.28. The van der Waals surface area contributed by atoms with Crippen molar-refractivity contribution in [2.45, 2.75) is 40.0 Å². The fourth-order valence-electron chi connectivity index (χ4n) is 1.37. The van der Waals surface area contributed by atoms with Gasteiger partial charge >= 0.3 is 5.97 Å². The predicted octanol–water partition coefficient (Wildman–Crippen LogP) is 2.62. The summed E-state index contributed by atoms with van der Waals surface area (Å²) in [5.74, 6) is 0.364. The van der Waals surface area contributed by atoms with E-state index in [1.54, 1.807) is 6.21 Å². The molecular weight excluding hydrogens is 206 g/mol. The Labute approximate surface area is 98.0 Å². The summed E-state index contributed by atoms with van der Waals surface area (Å²) in [4.78, 5) is 16.2. The minimum atomic E-state index is -0.134. The Bertz CT molecular complexity index is 214. The van der Waals surface area contributed by atoms with E-state index >= 15 is 0 Å². The minimum Gasteiger partial charge on any atom is -0.466 e. The lowest BCUT2D eigenvalue weighted by molar-refractivity contribution is -0.148. The smallest absolute Gasteiger partial charge is 0.309 e. The van der Waals surface area contributed by atoms with Gasteiger partial charge in [0, 0.05) is 6.21 Å². The van der Waals surface area contributed by atoms with Crippen LogP contribution < -0.4 is 0 Å². The molecule has 4 nitrogen and oxygen atoms in total. The van der Waals surface area contributed by atoms with E-state index < -0.39 is 0 Å². The van der Waals surface area contributed by atoms with Gasteiger partial charge in [-0.3, -0.25) is 4.79 Å². The maximum Gasteiger partial charge on any atom is 0.309 e. The van der Waals surface area contributed by atoms with Crippen LogP contribution in [0.4, 0.5) is 0 Å². The molecule has 1 unspecified atom stereocenters. The zero-order valence-corrected chi connectivity index (χ0v) is 10.7. The van der Waals surface area contributed by atoms with Gasteiger partial charge in [-0.2, -0.15) is 0 Å². The van der Waals surface area contributed by atoms with E-state index in [4.69, 9.17) is 4.74 Å². The van der Waals surface area contributed by atoms with E-state index in [1.807, 2.05) is 6.92 Å². The Morgan fingerprint density at radius 1 is 1.38 bits per heavy atom. The standard InChI is InChI=1S/C12H23NO3/c1-5-16-12(14)11(7-6-10(2)3)8-9-13-15-4/h9-11H,5-8H2,1-4H3/b13-9-. The highest BCUT2D eigenvalue weighted by molar-refractivity contribution is 5.76. The fraction of sp³-hybridized carbons (Fsp3) is 0.833. The van der Waals surface area contributed by atoms with Crippen LogP contribution in [0, 0.1) is 11.8 Å². The molecule has 0 aliphatic rings. The molecule has 0 aliphatic heterocycles. The molecule has 0 heterocycles. The van der Waals surface area contributed by atoms with Crippen molar-refractivity contribution in [3.63, 3.8) is 0 Å². The number of oxime groups is 1. The summed E-state index contributed by atoms with van der Waals surface area (Å²) in [5.41, 5.74) is 0. The van der Waals surface area contributed by atoms with Gasteiger partial charge in [-0.25, -0.2) is 0 Å². The van der Waals surface area contributed by atoms with Crippen molar-refractivity contribution >= 4 is 12.2 Å². The van der Waals surface area contributed by atoms with Crippen LogP contribution in [-0.4, -0.2) is 25.9 Å². The highest BCUT2D eigenvalue weighted by Gasteiger charge is 2.18. The number of hydrogen-bond acceptors (Lipinski definition) is 4. The normalized spacial score (nSPS) is 13.1. The maximum absolute atomic E-state index is 11.6. The third-order valence-corrected chi connectivity index (χ3v) is 2.28. The number of carbonyl (C=O) groups is 1. The topological polar surface area (TPSA) is 47.9 Å². The van der Waals surface area contributed by atoms with E-state index in [2.05, 4.69) is 23.8 Å². The van der Waals surface area contributed by atoms with Crippen molar-refractivity contribution in [3.8, 4) is 0 Å². The minimum absolute atomic E-state index is 0.0961. The molecule has 16 heavy (non-hydrogen) atoms. The number of carbonyl (C=O) groups excluding carboxylic acids is 1. The molecule has 0 aromatic carbocycles. The summed E-state index contributed by atoms with van der Waals surface area (Å²) in [6.07, 6.45) is 4.07. The Balaban J connectivity index is 4.14. The zero-order valence-electron chi connectivity index (χ0n) is 10.7. The lowest BCUT2D eigenvalue weighted by atomic mass is 9.95. The van der Waals surface area contributed by atoms with Crippen LogP contribution in [0.5, 0.6) is 0 Å². The van der Waals surface area contributed by atoms with Crippen molar-refractivity contribution in [2.24, 2.45) is 17.0 Å². The molecular formula is C12H23NO3.